The molecule has 2 aromatic heterocycles. The molecule has 1 aliphatic heterocycles. The van der Waals surface area contributed by atoms with Gasteiger partial charge in [-0.2, -0.15) is 13.2 Å². The number of fused-ring (bicyclic) bond motifs is 1. The monoisotopic (exact) mass is 328 g/mol. The van der Waals surface area contributed by atoms with E-state index in [1.165, 1.54) is 6.33 Å². The van der Waals surface area contributed by atoms with Gasteiger partial charge in [0.15, 0.2) is 11.5 Å². The number of hydrogen-bond acceptors (Lipinski definition) is 5. The molecule has 3 N–H and O–H groups in total. The number of aromatic nitrogens is 4. The molecular formula is C13H15F3N6O. The van der Waals surface area contributed by atoms with E-state index in [0.717, 1.165) is 0 Å². The Morgan fingerprint density at radius 1 is 1.39 bits per heavy atom. The van der Waals surface area contributed by atoms with Gasteiger partial charge in [0.25, 0.3) is 0 Å². The minimum absolute atomic E-state index is 0.0595. The Bertz CT molecular complexity index is 743. The first-order valence-corrected chi connectivity index (χ1v) is 7.11. The van der Waals surface area contributed by atoms with E-state index < -0.39 is 23.8 Å². The van der Waals surface area contributed by atoms with Crippen molar-refractivity contribution in [1.82, 2.24) is 19.9 Å². The molecule has 0 spiro atoms. The van der Waals surface area contributed by atoms with Crippen LogP contribution in [0, 0.1) is 5.92 Å². The molecule has 2 aromatic rings. The van der Waals surface area contributed by atoms with Crippen LogP contribution in [0.4, 0.5) is 19.0 Å². The number of nitrogens with zero attached hydrogens (tertiary/aromatic N) is 4. The zero-order valence-corrected chi connectivity index (χ0v) is 12.3. The first-order chi connectivity index (χ1) is 10.8. The highest BCUT2D eigenvalue weighted by atomic mass is 19.4. The van der Waals surface area contributed by atoms with Gasteiger partial charge in [-0.15, -0.1) is 0 Å². The van der Waals surface area contributed by atoms with Crippen molar-refractivity contribution >= 4 is 22.9 Å². The van der Waals surface area contributed by atoms with Crippen molar-refractivity contribution in [2.45, 2.75) is 32.0 Å². The minimum atomic E-state index is -4.68. The molecule has 1 fully saturated rings. The molecule has 10 heteroatoms. The van der Waals surface area contributed by atoms with Crippen molar-refractivity contribution in [2.24, 2.45) is 11.7 Å². The second-order valence-corrected chi connectivity index (χ2v) is 5.65. The predicted molar refractivity (Wildman–Crippen MR) is 75.4 cm³/mol. The molecule has 1 amide bonds. The number of nitrogens with one attached hydrogen (secondary N) is 1. The molecule has 2 atom stereocenters. The van der Waals surface area contributed by atoms with Crippen molar-refractivity contribution in [3.63, 3.8) is 0 Å². The number of piperidine rings is 1. The maximum atomic E-state index is 13.0. The molecule has 0 aromatic carbocycles. The van der Waals surface area contributed by atoms with Crippen molar-refractivity contribution in [3.8, 4) is 0 Å². The van der Waals surface area contributed by atoms with Crippen LogP contribution in [0.5, 0.6) is 0 Å². The maximum Gasteiger partial charge on any atom is 0.451 e. The first kappa shape index (κ1) is 15.5. The lowest BCUT2D eigenvalue weighted by atomic mass is 9.93. The van der Waals surface area contributed by atoms with Crippen molar-refractivity contribution in [3.05, 3.63) is 12.2 Å². The molecule has 1 aliphatic rings. The van der Waals surface area contributed by atoms with Gasteiger partial charge in [-0.3, -0.25) is 4.79 Å². The highest BCUT2D eigenvalue weighted by Gasteiger charge is 2.38. The number of primary amides is 1. The van der Waals surface area contributed by atoms with Crippen molar-refractivity contribution in [2.75, 3.05) is 11.4 Å². The molecule has 7 nitrogen and oxygen atoms in total. The Labute approximate surface area is 129 Å². The number of aromatic amines is 1. The summed E-state index contributed by atoms with van der Waals surface area (Å²) in [6.07, 6.45) is -2.17. The summed E-state index contributed by atoms with van der Waals surface area (Å²) in [5.74, 6) is -2.04. The Morgan fingerprint density at radius 3 is 2.78 bits per heavy atom. The van der Waals surface area contributed by atoms with Crippen LogP contribution in [0.15, 0.2) is 6.33 Å². The summed E-state index contributed by atoms with van der Waals surface area (Å²) in [4.78, 5) is 26.8. The van der Waals surface area contributed by atoms with Crippen LogP contribution < -0.4 is 10.6 Å². The molecule has 0 saturated carbocycles. The average molecular weight is 328 g/mol. The third-order valence-corrected chi connectivity index (χ3v) is 4.08. The van der Waals surface area contributed by atoms with Gasteiger partial charge >= 0.3 is 6.18 Å². The number of alkyl halides is 3. The number of imidazole rings is 1. The van der Waals surface area contributed by atoms with E-state index in [0.29, 0.717) is 18.4 Å². The average Bonchev–Trinajstić information content (AvgIpc) is 2.94. The van der Waals surface area contributed by atoms with Crippen molar-refractivity contribution in [1.29, 1.82) is 0 Å². The van der Waals surface area contributed by atoms with E-state index in [4.69, 9.17) is 5.73 Å². The van der Waals surface area contributed by atoms with Crippen LogP contribution in [0.25, 0.3) is 11.2 Å². The second-order valence-electron chi connectivity index (χ2n) is 5.65. The fourth-order valence-corrected chi connectivity index (χ4v) is 2.79. The van der Waals surface area contributed by atoms with Crippen LogP contribution >= 0.6 is 0 Å². The smallest absolute Gasteiger partial charge is 0.369 e. The maximum absolute atomic E-state index is 13.0. The third-order valence-electron chi connectivity index (χ3n) is 4.08. The number of hydrogen-bond donors (Lipinski definition) is 2. The summed E-state index contributed by atoms with van der Waals surface area (Å²) in [5, 5.41) is 0. The molecule has 3 rings (SSSR count). The SMILES string of the molecule is CC1CCC(C(N)=O)CN1c1nc(C(F)(F)F)nc2nc[nH]c12. The molecule has 0 aliphatic carbocycles. The van der Waals surface area contributed by atoms with Crippen LogP contribution in [0.2, 0.25) is 0 Å². The minimum Gasteiger partial charge on any atom is -0.369 e. The summed E-state index contributed by atoms with van der Waals surface area (Å²) >= 11 is 0. The number of carbonyl (C=O) groups is 1. The lowest BCUT2D eigenvalue weighted by Crippen LogP contribution is -2.46. The normalized spacial score (nSPS) is 22.5. The molecule has 1 saturated heterocycles. The Hall–Kier alpha value is -2.39. The number of halogens is 3. The lowest BCUT2D eigenvalue weighted by molar-refractivity contribution is -0.144. The number of H-pyrrole nitrogens is 1. The highest BCUT2D eigenvalue weighted by molar-refractivity contribution is 5.84. The summed E-state index contributed by atoms with van der Waals surface area (Å²) in [5.41, 5.74) is 5.60. The largest absolute Gasteiger partial charge is 0.451 e. The molecule has 23 heavy (non-hydrogen) atoms. The fourth-order valence-electron chi connectivity index (χ4n) is 2.79. The molecule has 3 heterocycles. The number of rotatable bonds is 2. The second kappa shape index (κ2) is 5.36. The summed E-state index contributed by atoms with van der Waals surface area (Å²) in [7, 11) is 0. The molecule has 124 valence electrons. The lowest BCUT2D eigenvalue weighted by Gasteiger charge is -2.37. The number of carbonyl (C=O) groups excluding carboxylic acids is 1. The van der Waals surface area contributed by atoms with E-state index in [1.54, 1.807) is 4.90 Å². The zero-order valence-electron chi connectivity index (χ0n) is 12.3. The Kier molecular flexibility index (Phi) is 3.61. The van der Waals surface area contributed by atoms with Crippen LogP contribution in [-0.4, -0.2) is 38.4 Å². The topological polar surface area (TPSA) is 101 Å². The van der Waals surface area contributed by atoms with Crippen LogP contribution in [0.1, 0.15) is 25.6 Å². The van der Waals surface area contributed by atoms with Crippen molar-refractivity contribution < 1.29 is 18.0 Å². The van der Waals surface area contributed by atoms with Gasteiger partial charge in [-0.1, -0.05) is 0 Å². The van der Waals surface area contributed by atoms with Gasteiger partial charge in [0, 0.05) is 12.6 Å². The van der Waals surface area contributed by atoms with Crippen LogP contribution in [-0.2, 0) is 11.0 Å². The van der Waals surface area contributed by atoms with E-state index in [9.17, 15) is 18.0 Å². The van der Waals surface area contributed by atoms with Gasteiger partial charge in [0.05, 0.1) is 12.2 Å². The summed E-state index contributed by atoms with van der Waals surface area (Å²) < 4.78 is 39.0. The zero-order chi connectivity index (χ0) is 16.8. The van der Waals surface area contributed by atoms with E-state index in [2.05, 4.69) is 19.9 Å². The predicted octanol–water partition coefficient (Wildman–Crippen LogP) is 1.46. The molecule has 0 radical (unpaired) electrons. The first-order valence-electron chi connectivity index (χ1n) is 7.11. The molecule has 0 bridgehead atoms. The standard InChI is InChI=1S/C13H15F3N6O/c1-6-2-3-7(9(17)23)4-22(6)11-8-10(19-5-18-8)20-12(21-11)13(14,15)16/h5-7H,2-4H2,1H3,(H2,17,23)(H,18,19,20,21). The van der Waals surface area contributed by atoms with Gasteiger partial charge < -0.3 is 15.6 Å². The van der Waals surface area contributed by atoms with Gasteiger partial charge in [-0.05, 0) is 19.8 Å². The van der Waals surface area contributed by atoms with Crippen LogP contribution in [0.3, 0.4) is 0 Å². The van der Waals surface area contributed by atoms with E-state index >= 15 is 0 Å². The number of amides is 1. The molecule has 2 unspecified atom stereocenters. The van der Waals surface area contributed by atoms with Gasteiger partial charge in [0.2, 0.25) is 11.7 Å². The Balaban J connectivity index is 2.10. The molecular weight excluding hydrogens is 313 g/mol. The van der Waals surface area contributed by atoms with Gasteiger partial charge in [-0.25, -0.2) is 15.0 Å². The quantitative estimate of drug-likeness (QED) is 0.869. The fraction of sp³-hybridized carbons (Fsp3) is 0.538. The number of anilines is 1. The third kappa shape index (κ3) is 2.80. The Morgan fingerprint density at radius 2 is 2.13 bits per heavy atom. The van der Waals surface area contributed by atoms with Gasteiger partial charge in [0.1, 0.15) is 5.52 Å². The number of nitrogens with two attached hydrogens (primary N) is 1. The highest BCUT2D eigenvalue weighted by Crippen LogP contribution is 2.33. The van der Waals surface area contributed by atoms with E-state index in [-0.39, 0.29) is 24.1 Å². The summed E-state index contributed by atoms with van der Waals surface area (Å²) in [6, 6.07) is -0.0758. The summed E-state index contributed by atoms with van der Waals surface area (Å²) in [6.45, 7) is 2.09. The van der Waals surface area contributed by atoms with E-state index in [1.807, 2.05) is 6.92 Å².